The molecule has 1 heterocycles. The van der Waals surface area contributed by atoms with Crippen LogP contribution in [0.2, 0.25) is 0 Å². The highest BCUT2D eigenvalue weighted by atomic mass is 16.6. The third kappa shape index (κ3) is 4.71. The number of carboxylic acids is 1. The number of alkyl carbamates (subject to hydrolysis) is 1. The predicted octanol–water partition coefficient (Wildman–Crippen LogP) is 2.11. The van der Waals surface area contributed by atoms with Crippen LogP contribution in [0.4, 0.5) is 4.79 Å². The summed E-state index contributed by atoms with van der Waals surface area (Å²) in [5.74, 6) is -1.84. The van der Waals surface area contributed by atoms with Gasteiger partial charge in [-0.15, -0.1) is 0 Å². The number of carbonyl (C=O) groups excluding carboxylic acids is 2. The summed E-state index contributed by atoms with van der Waals surface area (Å²) in [7, 11) is 0. The first-order valence-electron chi connectivity index (χ1n) is 8.16. The number of carboxylic acid groups (broad SMARTS) is 1. The van der Waals surface area contributed by atoms with E-state index in [1.807, 2.05) is 31.2 Å². The molecule has 7 heteroatoms. The van der Waals surface area contributed by atoms with Gasteiger partial charge in [-0.25, -0.2) is 4.79 Å². The number of fused-ring (bicyclic) bond motifs is 1. The molecule has 2 rings (SSSR count). The highest BCUT2D eigenvalue weighted by Crippen LogP contribution is 2.29. The molecule has 0 bridgehead atoms. The normalized spacial score (nSPS) is 20.5. The van der Waals surface area contributed by atoms with Gasteiger partial charge >= 0.3 is 12.1 Å². The summed E-state index contributed by atoms with van der Waals surface area (Å²) < 4.78 is 5.25. The Morgan fingerprint density at radius 1 is 1.32 bits per heavy atom. The van der Waals surface area contributed by atoms with Gasteiger partial charge in [-0.2, -0.15) is 0 Å². The van der Waals surface area contributed by atoms with E-state index in [9.17, 15) is 14.4 Å². The quantitative estimate of drug-likeness (QED) is 0.872. The molecule has 25 heavy (non-hydrogen) atoms. The highest BCUT2D eigenvalue weighted by molar-refractivity contribution is 5.89. The van der Waals surface area contributed by atoms with Crippen LogP contribution in [0.3, 0.4) is 0 Å². The van der Waals surface area contributed by atoms with E-state index in [1.165, 1.54) is 4.90 Å². The van der Waals surface area contributed by atoms with Crippen molar-refractivity contribution < 1.29 is 24.2 Å². The van der Waals surface area contributed by atoms with Gasteiger partial charge in [0.2, 0.25) is 5.91 Å². The molecule has 0 aliphatic carbocycles. The summed E-state index contributed by atoms with van der Waals surface area (Å²) in [6, 6.07) is 6.57. The molecule has 1 aliphatic rings. The van der Waals surface area contributed by atoms with Gasteiger partial charge in [0, 0.05) is 12.5 Å². The van der Waals surface area contributed by atoms with Gasteiger partial charge in [0.1, 0.15) is 18.2 Å². The molecule has 0 radical (unpaired) electrons. The molecule has 0 saturated carbocycles. The number of benzene rings is 1. The minimum absolute atomic E-state index is 0.193. The Hall–Kier alpha value is -2.57. The Morgan fingerprint density at radius 2 is 1.96 bits per heavy atom. The van der Waals surface area contributed by atoms with Crippen molar-refractivity contribution in [3.63, 3.8) is 0 Å². The molecule has 0 spiro atoms. The van der Waals surface area contributed by atoms with Crippen LogP contribution in [0.5, 0.6) is 0 Å². The van der Waals surface area contributed by atoms with Crippen LogP contribution in [-0.4, -0.2) is 46.2 Å². The number of hydrogen-bond acceptors (Lipinski definition) is 4. The Labute approximate surface area is 147 Å². The van der Waals surface area contributed by atoms with Crippen molar-refractivity contribution >= 4 is 18.0 Å². The summed E-state index contributed by atoms with van der Waals surface area (Å²) >= 11 is 0. The van der Waals surface area contributed by atoms with Crippen LogP contribution < -0.4 is 5.32 Å². The van der Waals surface area contributed by atoms with Crippen molar-refractivity contribution in [3.05, 3.63) is 35.4 Å². The van der Waals surface area contributed by atoms with Crippen molar-refractivity contribution in [1.82, 2.24) is 10.2 Å². The van der Waals surface area contributed by atoms with Crippen molar-refractivity contribution in [2.75, 3.05) is 6.54 Å². The van der Waals surface area contributed by atoms with Crippen LogP contribution in [0.1, 0.15) is 44.7 Å². The van der Waals surface area contributed by atoms with E-state index in [4.69, 9.17) is 9.84 Å². The fourth-order valence-corrected chi connectivity index (χ4v) is 2.91. The highest BCUT2D eigenvalue weighted by Gasteiger charge is 2.37. The zero-order valence-corrected chi connectivity index (χ0v) is 14.9. The fourth-order valence-electron chi connectivity index (χ4n) is 2.91. The van der Waals surface area contributed by atoms with Crippen molar-refractivity contribution in [2.24, 2.45) is 0 Å². The van der Waals surface area contributed by atoms with Crippen molar-refractivity contribution in [3.8, 4) is 0 Å². The van der Waals surface area contributed by atoms with Gasteiger partial charge in [0.15, 0.2) is 0 Å². The van der Waals surface area contributed by atoms with Crippen LogP contribution in [0.15, 0.2) is 24.3 Å². The molecule has 2 atom stereocenters. The number of amides is 2. The molecular weight excluding hydrogens is 324 g/mol. The SMILES string of the molecule is C[C@H]1c2ccccc2CN(CC(=O)O)C(=O)[C@@H]1NC(=O)OC(C)(C)C. The molecule has 0 saturated heterocycles. The zero-order chi connectivity index (χ0) is 18.8. The Kier molecular flexibility index (Phi) is 5.35. The van der Waals surface area contributed by atoms with E-state index < -0.39 is 36.2 Å². The van der Waals surface area contributed by atoms with Gasteiger partial charge < -0.3 is 20.1 Å². The predicted molar refractivity (Wildman–Crippen MR) is 91.1 cm³/mol. The van der Waals surface area contributed by atoms with E-state index in [0.29, 0.717) is 0 Å². The second kappa shape index (κ2) is 7.13. The molecule has 0 unspecified atom stereocenters. The van der Waals surface area contributed by atoms with Gasteiger partial charge in [0.05, 0.1) is 0 Å². The molecule has 0 aromatic heterocycles. The minimum atomic E-state index is -1.10. The number of carbonyl (C=O) groups is 3. The average Bonchev–Trinajstić information content (AvgIpc) is 2.57. The molecule has 1 aliphatic heterocycles. The van der Waals surface area contributed by atoms with E-state index in [2.05, 4.69) is 5.32 Å². The Balaban J connectivity index is 2.33. The maximum atomic E-state index is 12.9. The molecule has 1 aromatic rings. The lowest BCUT2D eigenvalue weighted by atomic mass is 9.91. The van der Waals surface area contributed by atoms with Gasteiger partial charge in [-0.3, -0.25) is 9.59 Å². The largest absolute Gasteiger partial charge is 0.480 e. The van der Waals surface area contributed by atoms with Crippen molar-refractivity contribution in [1.29, 1.82) is 0 Å². The molecule has 1 aromatic carbocycles. The summed E-state index contributed by atoms with van der Waals surface area (Å²) in [4.78, 5) is 37.4. The molecule has 2 amide bonds. The number of rotatable bonds is 3. The number of nitrogens with zero attached hydrogens (tertiary/aromatic N) is 1. The lowest BCUT2D eigenvalue weighted by molar-refractivity contribution is -0.145. The van der Waals surface area contributed by atoms with E-state index in [0.717, 1.165) is 11.1 Å². The van der Waals surface area contributed by atoms with Crippen LogP contribution >= 0.6 is 0 Å². The maximum absolute atomic E-state index is 12.9. The minimum Gasteiger partial charge on any atom is -0.480 e. The van der Waals surface area contributed by atoms with Crippen LogP contribution in [0, 0.1) is 0 Å². The van der Waals surface area contributed by atoms with Crippen LogP contribution in [-0.2, 0) is 20.9 Å². The first-order chi connectivity index (χ1) is 11.6. The number of aliphatic carboxylic acids is 1. The Morgan fingerprint density at radius 3 is 2.56 bits per heavy atom. The van der Waals surface area contributed by atoms with Gasteiger partial charge in [0.25, 0.3) is 0 Å². The second-order valence-corrected chi connectivity index (χ2v) is 7.20. The molecule has 136 valence electrons. The average molecular weight is 348 g/mol. The summed E-state index contributed by atoms with van der Waals surface area (Å²) in [6.07, 6.45) is -0.702. The molecule has 2 N–H and O–H groups in total. The van der Waals surface area contributed by atoms with E-state index in [-0.39, 0.29) is 12.5 Å². The van der Waals surface area contributed by atoms with E-state index >= 15 is 0 Å². The van der Waals surface area contributed by atoms with Crippen molar-refractivity contribution in [2.45, 2.75) is 51.8 Å². The third-order valence-electron chi connectivity index (χ3n) is 3.98. The van der Waals surface area contributed by atoms with Gasteiger partial charge in [-0.1, -0.05) is 31.2 Å². The fraction of sp³-hybridized carbons (Fsp3) is 0.500. The summed E-state index contributed by atoms with van der Waals surface area (Å²) in [5.41, 5.74) is 1.09. The topological polar surface area (TPSA) is 95.9 Å². The smallest absolute Gasteiger partial charge is 0.408 e. The summed E-state index contributed by atoms with van der Waals surface area (Å²) in [5, 5.41) is 11.7. The number of hydrogen-bond donors (Lipinski definition) is 2. The maximum Gasteiger partial charge on any atom is 0.408 e. The third-order valence-corrected chi connectivity index (χ3v) is 3.98. The lowest BCUT2D eigenvalue weighted by Gasteiger charge is -2.28. The summed E-state index contributed by atoms with van der Waals surface area (Å²) in [6.45, 7) is 6.80. The first kappa shape index (κ1) is 18.8. The number of nitrogens with one attached hydrogen (secondary N) is 1. The lowest BCUT2D eigenvalue weighted by Crippen LogP contribution is -2.51. The zero-order valence-electron chi connectivity index (χ0n) is 14.9. The van der Waals surface area contributed by atoms with Crippen LogP contribution in [0.25, 0.3) is 0 Å². The monoisotopic (exact) mass is 348 g/mol. The standard InChI is InChI=1S/C18H24N2O5/c1-11-13-8-6-5-7-12(13)9-20(10-14(21)22)16(23)15(11)19-17(24)25-18(2,3)4/h5-8,11,15H,9-10H2,1-4H3,(H,19,24)(H,21,22)/t11-,15+/m0/s1. The van der Waals surface area contributed by atoms with Gasteiger partial charge in [-0.05, 0) is 31.9 Å². The number of ether oxygens (including phenoxy) is 1. The molecule has 7 nitrogen and oxygen atoms in total. The molecular formula is C18H24N2O5. The molecule has 0 fully saturated rings. The first-order valence-corrected chi connectivity index (χ1v) is 8.16. The Bertz CT molecular complexity index is 680. The second-order valence-electron chi connectivity index (χ2n) is 7.20. The van der Waals surface area contributed by atoms with E-state index in [1.54, 1.807) is 20.8 Å².